The Labute approximate surface area is 237 Å². The van der Waals surface area contributed by atoms with Gasteiger partial charge in [0, 0.05) is 52.4 Å². The normalized spacial score (nSPS) is 18.8. The molecule has 4 aromatic rings. The van der Waals surface area contributed by atoms with Crippen molar-refractivity contribution in [3.05, 3.63) is 120 Å². The van der Waals surface area contributed by atoms with Gasteiger partial charge in [-0.25, -0.2) is 4.68 Å². The lowest BCUT2D eigenvalue weighted by atomic mass is 10.0. The van der Waals surface area contributed by atoms with E-state index in [2.05, 4.69) is 138 Å². The van der Waals surface area contributed by atoms with Gasteiger partial charge in [-0.05, 0) is 40.0 Å². The highest BCUT2D eigenvalue weighted by molar-refractivity contribution is 5.48. The second kappa shape index (κ2) is 13.1. The minimum atomic E-state index is 0.0561. The number of piperidine rings is 1. The SMILES string of the molecule is C(=C\c1ccccc1)/CN1CCN([C@@H](c2ccccc2)c2nnnn2C2CCN(Cc3ccccc3)CC2)CC1. The average molecular weight is 534 g/mol. The predicted octanol–water partition coefficient (Wildman–Crippen LogP) is 4.93. The summed E-state index contributed by atoms with van der Waals surface area (Å²) in [6, 6.07) is 32.5. The Kier molecular flexibility index (Phi) is 8.72. The van der Waals surface area contributed by atoms with Crippen LogP contribution < -0.4 is 0 Å². The minimum absolute atomic E-state index is 0.0561. The Balaban J connectivity index is 1.12. The van der Waals surface area contributed by atoms with Crippen molar-refractivity contribution in [1.29, 1.82) is 0 Å². The maximum Gasteiger partial charge on any atom is 0.173 e. The van der Waals surface area contributed by atoms with E-state index in [1.165, 1.54) is 16.7 Å². The van der Waals surface area contributed by atoms with E-state index in [4.69, 9.17) is 0 Å². The van der Waals surface area contributed by atoms with Crippen molar-refractivity contribution < 1.29 is 0 Å². The van der Waals surface area contributed by atoms with Crippen molar-refractivity contribution in [1.82, 2.24) is 34.9 Å². The maximum absolute atomic E-state index is 4.65. The number of nitrogens with zero attached hydrogens (tertiary/aromatic N) is 7. The number of tetrazole rings is 1. The van der Waals surface area contributed by atoms with E-state index in [1.54, 1.807) is 0 Å². The van der Waals surface area contributed by atoms with Crippen LogP contribution in [0.3, 0.4) is 0 Å². The molecule has 0 radical (unpaired) electrons. The van der Waals surface area contributed by atoms with Gasteiger partial charge in [-0.1, -0.05) is 103 Å². The van der Waals surface area contributed by atoms with Gasteiger partial charge in [0.05, 0.1) is 12.1 Å². The van der Waals surface area contributed by atoms with Crippen LogP contribution in [0.1, 0.15) is 47.4 Å². The van der Waals surface area contributed by atoms with Crippen LogP contribution in [0.15, 0.2) is 97.1 Å². The fourth-order valence-electron chi connectivity index (χ4n) is 6.07. The standard InChI is InChI=1S/C33H39N7/c1-4-11-28(12-5-1)15-10-20-37-23-25-39(26-24-37)32(30-16-8-3-9-17-30)33-34-35-36-40(33)31-18-21-38(22-19-31)27-29-13-6-2-7-14-29/h1-17,31-32H,18-27H2/b15-10+/t32-/m0/s1. The van der Waals surface area contributed by atoms with Crippen LogP contribution in [-0.2, 0) is 6.54 Å². The van der Waals surface area contributed by atoms with Gasteiger partial charge in [-0.2, -0.15) is 0 Å². The monoisotopic (exact) mass is 533 g/mol. The predicted molar refractivity (Wildman–Crippen MR) is 160 cm³/mol. The first kappa shape index (κ1) is 26.6. The number of benzene rings is 3. The third-order valence-corrected chi connectivity index (χ3v) is 8.28. The highest BCUT2D eigenvalue weighted by Gasteiger charge is 2.33. The first-order valence-corrected chi connectivity index (χ1v) is 14.6. The van der Waals surface area contributed by atoms with Crippen molar-refractivity contribution >= 4 is 6.08 Å². The highest BCUT2D eigenvalue weighted by atomic mass is 15.6. The van der Waals surface area contributed by atoms with Crippen LogP contribution in [0.5, 0.6) is 0 Å². The first-order valence-electron chi connectivity index (χ1n) is 14.6. The smallest absolute Gasteiger partial charge is 0.173 e. The molecule has 2 aliphatic rings. The summed E-state index contributed by atoms with van der Waals surface area (Å²) < 4.78 is 2.15. The van der Waals surface area contributed by atoms with E-state index in [1.807, 2.05) is 0 Å². The van der Waals surface area contributed by atoms with Crippen LogP contribution >= 0.6 is 0 Å². The lowest BCUT2D eigenvalue weighted by molar-refractivity contribution is 0.108. The van der Waals surface area contributed by atoms with Gasteiger partial charge in [-0.15, -0.1) is 5.10 Å². The summed E-state index contributed by atoms with van der Waals surface area (Å²) in [6.45, 7) is 8.13. The number of rotatable bonds is 9. The summed E-state index contributed by atoms with van der Waals surface area (Å²) >= 11 is 0. The second-order valence-corrected chi connectivity index (χ2v) is 10.9. The molecule has 3 aromatic carbocycles. The van der Waals surface area contributed by atoms with Gasteiger partial charge in [0.1, 0.15) is 0 Å². The van der Waals surface area contributed by atoms with Crippen molar-refractivity contribution in [2.75, 3.05) is 45.8 Å². The van der Waals surface area contributed by atoms with E-state index >= 15 is 0 Å². The number of aromatic nitrogens is 4. The summed E-state index contributed by atoms with van der Waals surface area (Å²) in [5, 5.41) is 13.4. The zero-order valence-electron chi connectivity index (χ0n) is 23.2. The van der Waals surface area contributed by atoms with Crippen LogP contribution in [0.2, 0.25) is 0 Å². The molecule has 2 fully saturated rings. The molecule has 1 aromatic heterocycles. The largest absolute Gasteiger partial charge is 0.299 e. The van der Waals surface area contributed by atoms with Gasteiger partial charge < -0.3 is 0 Å². The highest BCUT2D eigenvalue weighted by Crippen LogP contribution is 2.32. The molecule has 0 saturated carbocycles. The summed E-state index contributed by atoms with van der Waals surface area (Å²) in [7, 11) is 0. The summed E-state index contributed by atoms with van der Waals surface area (Å²) in [6.07, 6.45) is 6.63. The molecular formula is C33H39N7. The number of likely N-dealkylation sites (tertiary alicyclic amines) is 1. The topological polar surface area (TPSA) is 53.3 Å². The van der Waals surface area contributed by atoms with Crippen molar-refractivity contribution in [3.63, 3.8) is 0 Å². The molecule has 2 saturated heterocycles. The molecule has 1 atom stereocenters. The van der Waals surface area contributed by atoms with Crippen molar-refractivity contribution in [2.45, 2.75) is 31.5 Å². The third-order valence-electron chi connectivity index (χ3n) is 8.28. The molecular weight excluding hydrogens is 494 g/mol. The van der Waals surface area contributed by atoms with Crippen LogP contribution in [0, 0.1) is 0 Å². The maximum atomic E-state index is 4.65. The molecule has 3 heterocycles. The van der Waals surface area contributed by atoms with Crippen molar-refractivity contribution in [2.24, 2.45) is 0 Å². The first-order chi connectivity index (χ1) is 19.8. The zero-order chi connectivity index (χ0) is 27.0. The molecule has 0 bridgehead atoms. The van der Waals surface area contributed by atoms with E-state index in [0.717, 1.165) is 71.0 Å². The quantitative estimate of drug-likeness (QED) is 0.304. The molecule has 7 nitrogen and oxygen atoms in total. The zero-order valence-corrected chi connectivity index (χ0v) is 23.2. The molecule has 0 spiro atoms. The van der Waals surface area contributed by atoms with Crippen molar-refractivity contribution in [3.8, 4) is 0 Å². The number of hydrogen-bond acceptors (Lipinski definition) is 6. The van der Waals surface area contributed by atoms with E-state index < -0.39 is 0 Å². The number of piperazine rings is 1. The Morgan fingerprint density at radius 2 is 1.38 bits per heavy atom. The molecule has 7 heteroatoms. The fraction of sp³-hybridized carbons (Fsp3) is 0.364. The molecule has 206 valence electrons. The van der Waals surface area contributed by atoms with E-state index in [-0.39, 0.29) is 6.04 Å². The molecule has 40 heavy (non-hydrogen) atoms. The van der Waals surface area contributed by atoms with Gasteiger partial charge >= 0.3 is 0 Å². The Morgan fingerprint density at radius 3 is 2.08 bits per heavy atom. The van der Waals surface area contributed by atoms with E-state index in [9.17, 15) is 0 Å². The van der Waals surface area contributed by atoms with Gasteiger partial charge in [0.2, 0.25) is 0 Å². The van der Waals surface area contributed by atoms with Gasteiger partial charge in [-0.3, -0.25) is 14.7 Å². The second-order valence-electron chi connectivity index (χ2n) is 10.9. The Bertz CT molecular complexity index is 1320. The Morgan fingerprint density at radius 1 is 0.725 bits per heavy atom. The van der Waals surface area contributed by atoms with Gasteiger partial charge in [0.25, 0.3) is 0 Å². The summed E-state index contributed by atoms with van der Waals surface area (Å²) in [4.78, 5) is 7.65. The molecule has 0 unspecified atom stereocenters. The van der Waals surface area contributed by atoms with Crippen LogP contribution in [-0.4, -0.2) is 80.7 Å². The molecule has 0 amide bonds. The lowest BCUT2D eigenvalue weighted by Gasteiger charge is -2.39. The van der Waals surface area contributed by atoms with Gasteiger partial charge in [0.15, 0.2) is 5.82 Å². The van der Waals surface area contributed by atoms with E-state index in [0.29, 0.717) is 6.04 Å². The number of hydrogen-bond donors (Lipinski definition) is 0. The summed E-state index contributed by atoms with van der Waals surface area (Å²) in [5.41, 5.74) is 3.89. The minimum Gasteiger partial charge on any atom is -0.299 e. The van der Waals surface area contributed by atoms with Crippen LogP contribution in [0.25, 0.3) is 6.08 Å². The summed E-state index contributed by atoms with van der Waals surface area (Å²) in [5.74, 6) is 0.977. The van der Waals surface area contributed by atoms with Crippen LogP contribution in [0.4, 0.5) is 0 Å². The third kappa shape index (κ3) is 6.55. The Hall–Kier alpha value is -3.65. The fourth-order valence-corrected chi connectivity index (χ4v) is 6.07. The lowest BCUT2D eigenvalue weighted by Crippen LogP contribution is -2.48. The molecule has 6 rings (SSSR count). The molecule has 0 N–H and O–H groups in total. The molecule has 2 aliphatic heterocycles. The average Bonchev–Trinajstić information content (AvgIpc) is 3.49. The molecule has 0 aliphatic carbocycles.